The van der Waals surface area contributed by atoms with Crippen molar-refractivity contribution in [2.75, 3.05) is 20.7 Å². The van der Waals surface area contributed by atoms with Gasteiger partial charge in [-0.1, -0.05) is 36.8 Å². The van der Waals surface area contributed by atoms with E-state index >= 15 is 0 Å². The molecule has 1 heterocycles. The number of methoxy groups -OCH3 is 1. The molecule has 0 radical (unpaired) electrons. The van der Waals surface area contributed by atoms with Gasteiger partial charge in [0, 0.05) is 19.2 Å². The summed E-state index contributed by atoms with van der Waals surface area (Å²) in [5.74, 6) is -0.984. The van der Waals surface area contributed by atoms with Crippen molar-refractivity contribution in [3.05, 3.63) is 58.9 Å². The van der Waals surface area contributed by atoms with Crippen LogP contribution in [-0.2, 0) is 26.1 Å². The molecule has 8 nitrogen and oxygen atoms in total. The fourth-order valence-electron chi connectivity index (χ4n) is 3.05. The first-order valence-corrected chi connectivity index (χ1v) is 12.3. The summed E-state index contributed by atoms with van der Waals surface area (Å²) in [6.45, 7) is 2.35. The first-order valence-electron chi connectivity index (χ1n) is 10.1. The second-order valence-electron chi connectivity index (χ2n) is 7.14. The predicted octanol–water partition coefficient (Wildman–Crippen LogP) is 3.04. The van der Waals surface area contributed by atoms with E-state index in [1.807, 2.05) is 31.2 Å². The van der Waals surface area contributed by atoms with E-state index in [4.69, 9.17) is 4.74 Å². The van der Waals surface area contributed by atoms with Gasteiger partial charge in [-0.15, -0.1) is 0 Å². The minimum atomic E-state index is -3.62. The molecule has 0 saturated carbocycles. The van der Waals surface area contributed by atoms with Crippen molar-refractivity contribution in [3.63, 3.8) is 0 Å². The average molecular weight is 476 g/mol. The summed E-state index contributed by atoms with van der Waals surface area (Å²) in [6.07, 6.45) is 1.66. The van der Waals surface area contributed by atoms with Crippen molar-refractivity contribution in [1.82, 2.24) is 8.87 Å². The molecule has 170 valence electrons. The Kier molecular flexibility index (Phi) is 7.60. The van der Waals surface area contributed by atoms with Crippen LogP contribution in [-0.4, -0.2) is 49.9 Å². The third-order valence-electron chi connectivity index (χ3n) is 4.94. The number of hydrogen-bond donors (Lipinski definition) is 0. The lowest BCUT2D eigenvalue weighted by Crippen LogP contribution is -2.27. The molecular formula is C22H25N3O5S2. The van der Waals surface area contributed by atoms with E-state index < -0.39 is 21.9 Å². The molecule has 32 heavy (non-hydrogen) atoms. The highest BCUT2D eigenvalue weighted by atomic mass is 32.2. The summed E-state index contributed by atoms with van der Waals surface area (Å²) >= 11 is 1.28. The maximum absolute atomic E-state index is 12.8. The smallest absolute Gasteiger partial charge is 0.325 e. The number of fused-ring (bicyclic) bond motifs is 1. The van der Waals surface area contributed by atoms with Gasteiger partial charge in [0.15, 0.2) is 4.80 Å². The van der Waals surface area contributed by atoms with E-state index in [0.29, 0.717) is 11.3 Å². The molecule has 0 fully saturated rings. The number of nitrogens with zero attached hydrogens (tertiary/aromatic N) is 3. The predicted molar refractivity (Wildman–Crippen MR) is 123 cm³/mol. The second kappa shape index (κ2) is 10.2. The fraction of sp³-hybridized carbons (Fsp3) is 0.318. The first-order chi connectivity index (χ1) is 15.3. The summed E-state index contributed by atoms with van der Waals surface area (Å²) in [6, 6.07) is 13.1. The van der Waals surface area contributed by atoms with Gasteiger partial charge in [-0.25, -0.2) is 12.7 Å². The number of esters is 1. The van der Waals surface area contributed by atoms with Gasteiger partial charge in [0.25, 0.3) is 5.91 Å². The highest BCUT2D eigenvalue weighted by molar-refractivity contribution is 7.89. The Labute approximate surface area is 190 Å². The third-order valence-corrected chi connectivity index (χ3v) is 7.87. The molecule has 0 bridgehead atoms. The van der Waals surface area contributed by atoms with E-state index in [1.165, 1.54) is 47.0 Å². The maximum Gasteiger partial charge on any atom is 0.325 e. The Bertz CT molecular complexity index is 1290. The number of ether oxygens (including phenoxy) is 1. The standard InChI is InChI=1S/C22H25N3O5S2/c1-4-5-14-24(2)32(28,29)17-12-10-16(11-13-17)21(27)23-22-25(15-20(26)30-3)18-8-6-7-9-19(18)31-22/h6-13H,4-5,14-15H2,1-3H3. The molecule has 0 aliphatic carbocycles. The molecule has 1 aromatic heterocycles. The summed E-state index contributed by atoms with van der Waals surface area (Å²) in [5, 5.41) is 0. The van der Waals surface area contributed by atoms with Crippen LogP contribution in [0, 0.1) is 0 Å². The number of unbranched alkanes of at least 4 members (excludes halogenated alkanes) is 1. The fourth-order valence-corrected chi connectivity index (χ4v) is 5.29. The van der Waals surface area contributed by atoms with Gasteiger partial charge in [0.05, 0.1) is 22.2 Å². The Morgan fingerprint density at radius 3 is 2.47 bits per heavy atom. The van der Waals surface area contributed by atoms with Crippen molar-refractivity contribution in [2.45, 2.75) is 31.2 Å². The number of thiazole rings is 1. The number of benzene rings is 2. The molecule has 0 saturated heterocycles. The van der Waals surface area contributed by atoms with Crippen molar-refractivity contribution in [2.24, 2.45) is 4.99 Å². The zero-order valence-electron chi connectivity index (χ0n) is 18.1. The quantitative estimate of drug-likeness (QED) is 0.467. The zero-order valence-corrected chi connectivity index (χ0v) is 19.8. The lowest BCUT2D eigenvalue weighted by molar-refractivity contribution is -0.141. The number of carbonyl (C=O) groups excluding carboxylic acids is 2. The maximum atomic E-state index is 12.8. The Morgan fingerprint density at radius 2 is 1.81 bits per heavy atom. The van der Waals surface area contributed by atoms with Crippen LogP contribution in [0.25, 0.3) is 10.2 Å². The largest absolute Gasteiger partial charge is 0.468 e. The van der Waals surface area contributed by atoms with E-state index in [9.17, 15) is 18.0 Å². The van der Waals surface area contributed by atoms with Gasteiger partial charge in [-0.2, -0.15) is 4.99 Å². The van der Waals surface area contributed by atoms with Crippen molar-refractivity contribution < 1.29 is 22.7 Å². The van der Waals surface area contributed by atoms with Gasteiger partial charge in [0.2, 0.25) is 10.0 Å². The first kappa shape index (κ1) is 23.8. The second-order valence-corrected chi connectivity index (χ2v) is 10.2. The highest BCUT2D eigenvalue weighted by Crippen LogP contribution is 2.18. The van der Waals surface area contributed by atoms with Crippen LogP contribution in [0.5, 0.6) is 0 Å². The topological polar surface area (TPSA) is 98.0 Å². The Morgan fingerprint density at radius 1 is 1.12 bits per heavy atom. The molecule has 0 aliphatic heterocycles. The molecule has 0 N–H and O–H groups in total. The van der Waals surface area contributed by atoms with E-state index in [1.54, 1.807) is 11.6 Å². The summed E-state index contributed by atoms with van der Waals surface area (Å²) in [5.41, 5.74) is 1.02. The summed E-state index contributed by atoms with van der Waals surface area (Å²) in [7, 11) is -0.772. The van der Waals surface area contributed by atoms with E-state index in [0.717, 1.165) is 23.1 Å². The zero-order chi connectivity index (χ0) is 23.3. The Balaban J connectivity index is 1.93. The molecular weight excluding hydrogens is 450 g/mol. The number of para-hydroxylation sites is 1. The summed E-state index contributed by atoms with van der Waals surface area (Å²) in [4.78, 5) is 29.3. The van der Waals surface area contributed by atoms with Gasteiger partial charge in [-0.3, -0.25) is 9.59 Å². The van der Waals surface area contributed by atoms with Crippen LogP contribution in [0.15, 0.2) is 58.4 Å². The number of amides is 1. The van der Waals surface area contributed by atoms with E-state index in [-0.39, 0.29) is 17.0 Å². The third kappa shape index (κ3) is 5.14. The molecule has 3 aromatic rings. The molecule has 0 atom stereocenters. The number of aromatic nitrogens is 1. The molecule has 10 heteroatoms. The molecule has 0 spiro atoms. The summed E-state index contributed by atoms with van der Waals surface area (Å²) < 4.78 is 33.9. The van der Waals surface area contributed by atoms with Gasteiger partial charge in [-0.05, 0) is 42.8 Å². The normalized spacial score (nSPS) is 12.4. The molecule has 1 amide bonds. The van der Waals surface area contributed by atoms with Crippen molar-refractivity contribution in [3.8, 4) is 0 Å². The molecule has 0 unspecified atom stereocenters. The van der Waals surface area contributed by atoms with Crippen LogP contribution in [0.1, 0.15) is 30.1 Å². The molecule has 3 rings (SSSR count). The monoisotopic (exact) mass is 475 g/mol. The number of hydrogen-bond acceptors (Lipinski definition) is 6. The number of sulfonamides is 1. The number of carbonyl (C=O) groups is 2. The van der Waals surface area contributed by atoms with Gasteiger partial charge >= 0.3 is 5.97 Å². The lowest BCUT2D eigenvalue weighted by atomic mass is 10.2. The average Bonchev–Trinajstić information content (AvgIpc) is 3.14. The van der Waals surface area contributed by atoms with Crippen LogP contribution >= 0.6 is 11.3 Å². The lowest BCUT2D eigenvalue weighted by Gasteiger charge is -2.16. The van der Waals surface area contributed by atoms with Crippen LogP contribution in [0.3, 0.4) is 0 Å². The van der Waals surface area contributed by atoms with Gasteiger partial charge in [0.1, 0.15) is 6.54 Å². The number of rotatable bonds is 8. The SMILES string of the molecule is CCCCN(C)S(=O)(=O)c1ccc(C(=O)N=c2sc3ccccc3n2CC(=O)OC)cc1. The minimum Gasteiger partial charge on any atom is -0.468 e. The molecule has 0 aliphatic rings. The molecule has 2 aromatic carbocycles. The highest BCUT2D eigenvalue weighted by Gasteiger charge is 2.20. The van der Waals surface area contributed by atoms with Crippen LogP contribution < -0.4 is 4.80 Å². The minimum absolute atomic E-state index is 0.0755. The van der Waals surface area contributed by atoms with Gasteiger partial charge < -0.3 is 9.30 Å². The van der Waals surface area contributed by atoms with Crippen LogP contribution in [0.2, 0.25) is 0 Å². The Hall–Kier alpha value is -2.82. The van der Waals surface area contributed by atoms with Crippen molar-refractivity contribution in [1.29, 1.82) is 0 Å². The van der Waals surface area contributed by atoms with Crippen molar-refractivity contribution >= 4 is 43.5 Å². The van der Waals surface area contributed by atoms with Crippen LogP contribution in [0.4, 0.5) is 0 Å². The van der Waals surface area contributed by atoms with E-state index in [2.05, 4.69) is 4.99 Å².